The van der Waals surface area contributed by atoms with Crippen LogP contribution in [-0.2, 0) is 0 Å². The average molecular weight is 661 g/mol. The van der Waals surface area contributed by atoms with Crippen molar-refractivity contribution in [2.45, 2.75) is 25.7 Å². The zero-order valence-corrected chi connectivity index (χ0v) is 29.0. The lowest BCUT2D eigenvalue weighted by atomic mass is 9.53. The van der Waals surface area contributed by atoms with E-state index in [-0.39, 0.29) is 0 Å². The van der Waals surface area contributed by atoms with Crippen molar-refractivity contribution in [3.05, 3.63) is 207 Å². The molecule has 4 aromatic rings. The molecule has 9 aliphatic rings. The van der Waals surface area contributed by atoms with E-state index < -0.39 is 0 Å². The molecule has 13 rings (SSSR count). The maximum absolute atomic E-state index is 2.56. The molecule has 52 heavy (non-hydrogen) atoms. The molecule has 0 radical (unpaired) electrons. The maximum Gasteiger partial charge on any atom is 0.0211 e. The van der Waals surface area contributed by atoms with Gasteiger partial charge in [-0.25, -0.2) is 0 Å². The van der Waals surface area contributed by atoms with Crippen LogP contribution in [-0.4, -0.2) is 0 Å². The Bertz CT molecular complexity index is 2820. The summed E-state index contributed by atoms with van der Waals surface area (Å²) < 4.78 is 0. The van der Waals surface area contributed by atoms with Gasteiger partial charge >= 0.3 is 0 Å². The predicted molar refractivity (Wildman–Crippen MR) is 218 cm³/mol. The fourth-order valence-corrected chi connectivity index (χ4v) is 11.7. The molecule has 0 aliphatic heterocycles. The smallest absolute Gasteiger partial charge is 0.0211 e. The summed E-state index contributed by atoms with van der Waals surface area (Å²) >= 11 is 0. The van der Waals surface area contributed by atoms with Crippen LogP contribution in [0.15, 0.2) is 179 Å². The van der Waals surface area contributed by atoms with Gasteiger partial charge in [0.2, 0.25) is 0 Å². The molecule has 244 valence electrons. The van der Waals surface area contributed by atoms with Crippen molar-refractivity contribution in [2.75, 3.05) is 0 Å². The quantitative estimate of drug-likeness (QED) is 0.178. The number of benzene rings is 4. The van der Waals surface area contributed by atoms with Gasteiger partial charge in [-0.2, -0.15) is 0 Å². The van der Waals surface area contributed by atoms with Crippen LogP contribution in [0.2, 0.25) is 0 Å². The highest BCUT2D eigenvalue weighted by Gasteiger charge is 2.51. The Morgan fingerprint density at radius 2 is 1.15 bits per heavy atom. The largest absolute Gasteiger partial charge is 0.0836 e. The molecule has 0 bridgehead atoms. The van der Waals surface area contributed by atoms with Crippen molar-refractivity contribution in [3.8, 4) is 0 Å². The Labute approximate surface area is 304 Å². The molecule has 0 heterocycles. The van der Waals surface area contributed by atoms with E-state index in [2.05, 4.69) is 146 Å². The first-order valence-electron chi connectivity index (χ1n) is 19.3. The fourth-order valence-electron chi connectivity index (χ4n) is 11.7. The van der Waals surface area contributed by atoms with Crippen LogP contribution in [0.3, 0.4) is 0 Å². The lowest BCUT2D eigenvalue weighted by molar-refractivity contribution is 0.471. The molecule has 4 atom stereocenters. The van der Waals surface area contributed by atoms with Crippen LogP contribution in [0.1, 0.15) is 53.5 Å². The van der Waals surface area contributed by atoms with Crippen LogP contribution in [0.4, 0.5) is 0 Å². The lowest BCUT2D eigenvalue weighted by Gasteiger charge is -2.50. The van der Waals surface area contributed by atoms with Crippen LogP contribution in [0.5, 0.6) is 0 Å². The molecule has 0 spiro atoms. The molecule has 0 nitrogen and oxygen atoms in total. The first-order chi connectivity index (χ1) is 25.8. The molecule has 1 saturated carbocycles. The number of fused-ring (bicyclic) bond motifs is 9. The Kier molecular flexibility index (Phi) is 5.37. The minimum atomic E-state index is 0.370. The second kappa shape index (κ2) is 9.99. The van der Waals surface area contributed by atoms with Crippen LogP contribution in [0.25, 0.3) is 49.4 Å². The molecule has 0 N–H and O–H groups in total. The van der Waals surface area contributed by atoms with Crippen molar-refractivity contribution in [1.82, 2.24) is 0 Å². The monoisotopic (exact) mass is 660 g/mol. The van der Waals surface area contributed by atoms with Crippen molar-refractivity contribution in [1.29, 1.82) is 0 Å². The lowest BCUT2D eigenvalue weighted by Crippen LogP contribution is -2.38. The number of hydrogen-bond acceptors (Lipinski definition) is 0. The third kappa shape index (κ3) is 3.48. The summed E-state index contributed by atoms with van der Waals surface area (Å²) in [5.41, 5.74) is 23.7. The van der Waals surface area contributed by atoms with Crippen molar-refractivity contribution >= 4 is 49.4 Å². The molecular formula is C52H36. The van der Waals surface area contributed by atoms with Gasteiger partial charge in [0.05, 0.1) is 0 Å². The van der Waals surface area contributed by atoms with Crippen LogP contribution < -0.4 is 0 Å². The molecule has 0 heteroatoms. The number of allylic oxidation sites excluding steroid dienone is 24. The van der Waals surface area contributed by atoms with E-state index in [4.69, 9.17) is 0 Å². The Hall–Kier alpha value is -5.72. The SMILES string of the molecule is C1=CC2=C(CC1)c1cc3cc4c(cc3c3cccc2c13)C1=CC=C2C3=CC=C5CC=C(c6ccccc6)C=CCC6=CC=C(C7=CC=C4C1C72)C3C65. The van der Waals surface area contributed by atoms with E-state index in [0.29, 0.717) is 23.7 Å². The molecule has 9 aliphatic carbocycles. The molecule has 4 unspecified atom stereocenters. The molecule has 0 aromatic heterocycles. The van der Waals surface area contributed by atoms with E-state index in [1.165, 1.54) is 71.7 Å². The molecule has 1 fully saturated rings. The van der Waals surface area contributed by atoms with Crippen LogP contribution in [0, 0.1) is 23.7 Å². The van der Waals surface area contributed by atoms with E-state index in [0.717, 1.165) is 25.7 Å². The third-order valence-corrected chi connectivity index (χ3v) is 13.8. The summed E-state index contributed by atoms with van der Waals surface area (Å²) in [5, 5.41) is 5.65. The van der Waals surface area contributed by atoms with Crippen molar-refractivity contribution in [2.24, 2.45) is 23.7 Å². The second-order valence-corrected chi connectivity index (χ2v) is 16.1. The normalized spacial score (nSPS) is 26.6. The summed E-state index contributed by atoms with van der Waals surface area (Å²) in [6, 6.07) is 25.5. The molecule has 0 saturated heterocycles. The maximum atomic E-state index is 2.56. The first-order valence-corrected chi connectivity index (χ1v) is 19.3. The fraction of sp³-hybridized carbons (Fsp3) is 0.154. The number of rotatable bonds is 1. The van der Waals surface area contributed by atoms with Gasteiger partial charge in [-0.15, -0.1) is 0 Å². The minimum absolute atomic E-state index is 0.370. The highest BCUT2D eigenvalue weighted by Crippen LogP contribution is 2.65. The average Bonchev–Trinajstić information content (AvgIpc) is 3.72. The van der Waals surface area contributed by atoms with E-state index in [1.54, 1.807) is 39.0 Å². The van der Waals surface area contributed by atoms with Gasteiger partial charge in [0.1, 0.15) is 0 Å². The zero-order valence-electron chi connectivity index (χ0n) is 29.0. The van der Waals surface area contributed by atoms with Gasteiger partial charge in [0.25, 0.3) is 0 Å². The first kappa shape index (κ1) is 27.9. The van der Waals surface area contributed by atoms with Gasteiger partial charge in [-0.05, 0) is 143 Å². The van der Waals surface area contributed by atoms with Gasteiger partial charge in [0.15, 0.2) is 0 Å². The van der Waals surface area contributed by atoms with Gasteiger partial charge in [-0.3, -0.25) is 0 Å². The van der Waals surface area contributed by atoms with Crippen LogP contribution >= 0.6 is 0 Å². The third-order valence-electron chi connectivity index (χ3n) is 13.8. The number of hydrogen-bond donors (Lipinski definition) is 0. The summed E-state index contributed by atoms with van der Waals surface area (Å²) in [5.74, 6) is 1.55. The highest BCUT2D eigenvalue weighted by molar-refractivity contribution is 6.23. The second-order valence-electron chi connectivity index (χ2n) is 16.1. The van der Waals surface area contributed by atoms with Crippen molar-refractivity contribution in [3.63, 3.8) is 0 Å². The standard InChI is InChI=1S/C52H36/c1-2-8-29(9-3-1)30-10-6-11-31-18-20-38-40-22-24-42-45-26-33-27-47-35-13-5-4-12-34(35)36-14-7-15-37(49(36)47)44(33)28-46(45)43-25-23-41(51(40)52(42)43)39-21-19-32(17-16-30)48(31)50(38)39/h1-4,6-10,12,14-16,18-28,48,50-52H,5,11,13,17H2. The summed E-state index contributed by atoms with van der Waals surface area (Å²) in [4.78, 5) is 0. The van der Waals surface area contributed by atoms with E-state index in [9.17, 15) is 0 Å². The van der Waals surface area contributed by atoms with E-state index >= 15 is 0 Å². The Balaban J connectivity index is 0.971. The molecular weight excluding hydrogens is 625 g/mol. The van der Waals surface area contributed by atoms with E-state index in [1.807, 2.05) is 0 Å². The topological polar surface area (TPSA) is 0 Å². The molecule has 0 amide bonds. The van der Waals surface area contributed by atoms with Gasteiger partial charge in [-0.1, -0.05) is 139 Å². The Morgan fingerprint density at radius 3 is 1.96 bits per heavy atom. The summed E-state index contributed by atoms with van der Waals surface area (Å²) in [6.45, 7) is 0. The predicted octanol–water partition coefficient (Wildman–Crippen LogP) is 12.9. The van der Waals surface area contributed by atoms with Gasteiger partial charge < -0.3 is 0 Å². The van der Waals surface area contributed by atoms with Gasteiger partial charge in [0, 0.05) is 23.7 Å². The minimum Gasteiger partial charge on any atom is -0.0836 e. The summed E-state index contributed by atoms with van der Waals surface area (Å²) in [6.07, 6.45) is 36.2. The Morgan fingerprint density at radius 1 is 0.481 bits per heavy atom. The highest BCUT2D eigenvalue weighted by atomic mass is 14.5. The zero-order chi connectivity index (χ0) is 33.7. The molecule has 4 aromatic carbocycles. The van der Waals surface area contributed by atoms with Crippen molar-refractivity contribution < 1.29 is 0 Å². The summed E-state index contributed by atoms with van der Waals surface area (Å²) in [7, 11) is 0.